The van der Waals surface area contributed by atoms with E-state index >= 15 is 0 Å². The number of ether oxygens (including phenoxy) is 2. The van der Waals surface area contributed by atoms with Crippen LogP contribution in [0.2, 0.25) is 0 Å². The normalized spacial score (nSPS) is 15.3. The van der Waals surface area contributed by atoms with Crippen LogP contribution in [-0.4, -0.2) is 58.0 Å². The van der Waals surface area contributed by atoms with Crippen molar-refractivity contribution in [3.63, 3.8) is 0 Å². The second-order valence-corrected chi connectivity index (χ2v) is 8.09. The van der Waals surface area contributed by atoms with Crippen LogP contribution in [0.15, 0.2) is 47.4 Å². The van der Waals surface area contributed by atoms with E-state index in [9.17, 15) is 18.5 Å². The molecule has 10 heteroatoms. The highest BCUT2D eigenvalue weighted by atomic mass is 32.2. The number of rotatable bonds is 6. The van der Waals surface area contributed by atoms with Crippen molar-refractivity contribution in [1.29, 1.82) is 0 Å². The van der Waals surface area contributed by atoms with Crippen molar-refractivity contribution >= 4 is 21.4 Å². The molecular weight excluding hydrogens is 386 g/mol. The van der Waals surface area contributed by atoms with E-state index in [1.165, 1.54) is 23.5 Å². The predicted octanol–water partition coefficient (Wildman–Crippen LogP) is 2.12. The van der Waals surface area contributed by atoms with E-state index in [2.05, 4.69) is 4.90 Å². The van der Waals surface area contributed by atoms with E-state index in [0.717, 1.165) is 17.5 Å². The first-order valence-corrected chi connectivity index (χ1v) is 10.0. The van der Waals surface area contributed by atoms with E-state index in [-0.39, 0.29) is 23.7 Å². The third-order valence-electron chi connectivity index (χ3n) is 4.66. The Morgan fingerprint density at radius 1 is 0.929 bits per heavy atom. The summed E-state index contributed by atoms with van der Waals surface area (Å²) in [5.41, 5.74) is 0.477. The first-order chi connectivity index (χ1) is 13.4. The summed E-state index contributed by atoms with van der Waals surface area (Å²) < 4.78 is 37.4. The van der Waals surface area contributed by atoms with E-state index in [1.54, 1.807) is 7.11 Å². The number of methoxy groups -OCH3 is 2. The number of hydrogen-bond donors (Lipinski definition) is 0. The zero-order chi connectivity index (χ0) is 20.3. The predicted molar refractivity (Wildman–Crippen MR) is 104 cm³/mol. The van der Waals surface area contributed by atoms with Gasteiger partial charge in [-0.3, -0.25) is 10.1 Å². The van der Waals surface area contributed by atoms with Crippen LogP contribution in [0.5, 0.6) is 11.5 Å². The van der Waals surface area contributed by atoms with Crippen LogP contribution in [0.25, 0.3) is 0 Å². The van der Waals surface area contributed by atoms with Crippen LogP contribution < -0.4 is 14.4 Å². The Balaban J connectivity index is 1.78. The summed E-state index contributed by atoms with van der Waals surface area (Å²) in [5.74, 6) is 0.978. The molecule has 0 N–H and O–H groups in total. The monoisotopic (exact) mass is 407 g/mol. The third kappa shape index (κ3) is 3.87. The number of piperazine rings is 1. The van der Waals surface area contributed by atoms with Crippen LogP contribution in [0, 0.1) is 10.1 Å². The van der Waals surface area contributed by atoms with Gasteiger partial charge >= 0.3 is 0 Å². The van der Waals surface area contributed by atoms with Gasteiger partial charge in [-0.15, -0.1) is 0 Å². The topological polar surface area (TPSA) is 102 Å². The molecular formula is C18H21N3O6S. The number of hydrogen-bond acceptors (Lipinski definition) is 7. The smallest absolute Gasteiger partial charge is 0.293 e. The van der Waals surface area contributed by atoms with Gasteiger partial charge in [-0.05, 0) is 36.4 Å². The highest BCUT2D eigenvalue weighted by molar-refractivity contribution is 7.89. The molecule has 0 bridgehead atoms. The molecule has 1 aliphatic heterocycles. The second-order valence-electron chi connectivity index (χ2n) is 6.18. The molecule has 1 fully saturated rings. The van der Waals surface area contributed by atoms with Gasteiger partial charge in [-0.1, -0.05) is 0 Å². The first kappa shape index (κ1) is 19.9. The maximum Gasteiger partial charge on any atom is 0.293 e. The fraction of sp³-hybridized carbons (Fsp3) is 0.333. The molecule has 0 aliphatic carbocycles. The second kappa shape index (κ2) is 8.03. The van der Waals surface area contributed by atoms with E-state index in [1.807, 2.05) is 24.3 Å². The summed E-state index contributed by atoms with van der Waals surface area (Å²) in [4.78, 5) is 12.4. The number of sulfonamides is 1. The molecule has 1 heterocycles. The Morgan fingerprint density at radius 2 is 1.50 bits per heavy atom. The minimum absolute atomic E-state index is 0.231. The lowest BCUT2D eigenvalue weighted by Gasteiger charge is -2.35. The van der Waals surface area contributed by atoms with Crippen molar-refractivity contribution in [2.24, 2.45) is 0 Å². The molecule has 0 unspecified atom stereocenters. The third-order valence-corrected chi connectivity index (χ3v) is 6.60. The lowest BCUT2D eigenvalue weighted by Crippen LogP contribution is -2.48. The summed E-state index contributed by atoms with van der Waals surface area (Å²) in [6.45, 7) is 1.43. The van der Waals surface area contributed by atoms with Gasteiger partial charge in [-0.2, -0.15) is 4.31 Å². The lowest BCUT2D eigenvalue weighted by atomic mass is 10.2. The van der Waals surface area contributed by atoms with Gasteiger partial charge in [0.15, 0.2) is 4.90 Å². The van der Waals surface area contributed by atoms with Gasteiger partial charge in [0.1, 0.15) is 11.5 Å². The minimum Gasteiger partial charge on any atom is -0.497 e. The molecule has 0 saturated carbocycles. The average molecular weight is 407 g/mol. The molecule has 2 aromatic rings. The molecule has 0 amide bonds. The lowest BCUT2D eigenvalue weighted by molar-refractivity contribution is -0.387. The molecule has 1 aliphatic rings. The van der Waals surface area contributed by atoms with Crippen molar-refractivity contribution in [2.75, 3.05) is 45.3 Å². The quantitative estimate of drug-likeness (QED) is 0.534. The Morgan fingerprint density at radius 3 is 2.04 bits per heavy atom. The highest BCUT2D eigenvalue weighted by Gasteiger charge is 2.34. The minimum atomic E-state index is -3.99. The highest BCUT2D eigenvalue weighted by Crippen LogP contribution is 2.31. The van der Waals surface area contributed by atoms with Crippen molar-refractivity contribution in [2.45, 2.75) is 4.90 Å². The summed E-state index contributed by atoms with van der Waals surface area (Å²) in [5, 5.41) is 11.4. The fourth-order valence-electron chi connectivity index (χ4n) is 3.10. The molecule has 0 aromatic heterocycles. The molecule has 2 aromatic carbocycles. The van der Waals surface area contributed by atoms with Gasteiger partial charge in [-0.25, -0.2) is 8.42 Å². The van der Waals surface area contributed by atoms with Crippen molar-refractivity contribution in [1.82, 2.24) is 4.31 Å². The Hall–Kier alpha value is -2.85. The van der Waals surface area contributed by atoms with Crippen molar-refractivity contribution in [3.8, 4) is 11.5 Å². The molecule has 9 nitrogen and oxygen atoms in total. The summed E-state index contributed by atoms with van der Waals surface area (Å²) in [6, 6.07) is 11.3. The Kier molecular flexibility index (Phi) is 5.71. The molecule has 0 spiro atoms. The largest absolute Gasteiger partial charge is 0.497 e. The summed E-state index contributed by atoms with van der Waals surface area (Å²) in [6.07, 6.45) is 0. The van der Waals surface area contributed by atoms with Gasteiger partial charge in [0.2, 0.25) is 10.0 Å². The average Bonchev–Trinajstić information content (AvgIpc) is 2.73. The number of anilines is 1. The van der Waals surface area contributed by atoms with Crippen molar-refractivity contribution < 1.29 is 22.8 Å². The van der Waals surface area contributed by atoms with E-state index in [0.29, 0.717) is 13.1 Å². The number of benzene rings is 2. The number of nitro benzene ring substituents is 1. The number of nitrogens with zero attached hydrogens (tertiary/aromatic N) is 3. The van der Waals surface area contributed by atoms with Gasteiger partial charge in [0, 0.05) is 31.9 Å². The SMILES string of the molecule is COc1ccc(N2CCN(S(=O)(=O)c3ccc(OC)cc3[N+](=O)[O-])CC2)cc1. The van der Waals surface area contributed by atoms with Crippen molar-refractivity contribution in [3.05, 3.63) is 52.6 Å². The number of nitro groups is 1. The maximum atomic E-state index is 13.0. The van der Waals surface area contributed by atoms with E-state index in [4.69, 9.17) is 9.47 Å². The fourth-order valence-corrected chi connectivity index (χ4v) is 4.66. The van der Waals surface area contributed by atoms with Crippen LogP contribution in [0.3, 0.4) is 0 Å². The van der Waals surface area contributed by atoms with Crippen LogP contribution in [0.4, 0.5) is 11.4 Å². The van der Waals surface area contributed by atoms with Crippen LogP contribution in [-0.2, 0) is 10.0 Å². The zero-order valence-electron chi connectivity index (χ0n) is 15.6. The summed E-state index contributed by atoms with van der Waals surface area (Å²) >= 11 is 0. The molecule has 28 heavy (non-hydrogen) atoms. The Labute approximate surface area is 163 Å². The Bertz CT molecular complexity index is 954. The van der Waals surface area contributed by atoms with Gasteiger partial charge in [0.05, 0.1) is 25.2 Å². The molecule has 0 atom stereocenters. The molecule has 1 saturated heterocycles. The summed E-state index contributed by atoms with van der Waals surface area (Å²) in [7, 11) is -1.03. The standard InChI is InChI=1S/C18H21N3O6S/c1-26-15-5-3-14(4-6-15)19-9-11-20(12-10-19)28(24,25)18-8-7-16(27-2)13-17(18)21(22)23/h3-8,13H,9-12H2,1-2H3. The molecule has 3 rings (SSSR count). The molecule has 150 valence electrons. The first-order valence-electron chi connectivity index (χ1n) is 8.58. The van der Waals surface area contributed by atoms with Gasteiger partial charge < -0.3 is 14.4 Å². The van der Waals surface area contributed by atoms with Crippen LogP contribution in [0.1, 0.15) is 0 Å². The van der Waals surface area contributed by atoms with Gasteiger partial charge in [0.25, 0.3) is 5.69 Å². The maximum absolute atomic E-state index is 13.0. The molecule has 0 radical (unpaired) electrons. The zero-order valence-corrected chi connectivity index (χ0v) is 16.4. The van der Waals surface area contributed by atoms with E-state index < -0.39 is 20.6 Å². The van der Waals surface area contributed by atoms with Crippen LogP contribution >= 0.6 is 0 Å².